The molecule has 0 aromatic heterocycles. The van der Waals surface area contributed by atoms with Crippen molar-refractivity contribution in [2.45, 2.75) is 11.8 Å². The quantitative estimate of drug-likeness (QED) is 0.566. The van der Waals surface area contributed by atoms with E-state index in [1.54, 1.807) is 7.11 Å². The largest absolute Gasteiger partial charge is 0.493 e. The van der Waals surface area contributed by atoms with Crippen LogP contribution in [-0.2, 0) is 15.2 Å². The Hall–Kier alpha value is -0.750. The summed E-state index contributed by atoms with van der Waals surface area (Å²) in [4.78, 5) is 0. The number of hydrogen-bond donors (Lipinski definition) is 0. The highest BCUT2D eigenvalue weighted by Gasteiger charge is 2.10. The summed E-state index contributed by atoms with van der Waals surface area (Å²) in [6.07, 6.45) is 1.69. The van der Waals surface area contributed by atoms with Gasteiger partial charge >= 0.3 is 0 Å². The second-order valence-electron chi connectivity index (χ2n) is 3.91. The molecule has 0 heterocycles. The van der Waals surface area contributed by atoms with E-state index in [9.17, 15) is 8.42 Å². The maximum atomic E-state index is 11.0. The number of hydrogen-bond acceptors (Lipinski definition) is 4. The first-order chi connectivity index (χ1) is 8.48. The predicted octanol–water partition coefficient (Wildman–Crippen LogP) is 2.40. The summed E-state index contributed by atoms with van der Waals surface area (Å²) in [7, 11) is -1.35. The van der Waals surface area contributed by atoms with Gasteiger partial charge in [0.1, 0.15) is 9.84 Å². The van der Waals surface area contributed by atoms with Crippen molar-refractivity contribution in [1.29, 1.82) is 0 Å². The van der Waals surface area contributed by atoms with E-state index >= 15 is 0 Å². The molecule has 18 heavy (non-hydrogen) atoms. The standard InChI is InChI=1S/C12H17BrO4S/c1-16-11-6-3-5-10(9-13)12(11)17-7-4-8-18(2,14)15/h3,5-6H,4,7-9H2,1-2H3. The van der Waals surface area contributed by atoms with Crippen molar-refractivity contribution in [1.82, 2.24) is 0 Å². The van der Waals surface area contributed by atoms with Gasteiger partial charge in [0.25, 0.3) is 0 Å². The zero-order valence-electron chi connectivity index (χ0n) is 10.5. The highest BCUT2D eigenvalue weighted by atomic mass is 79.9. The Bertz CT molecular complexity index is 463. The van der Waals surface area contributed by atoms with Crippen molar-refractivity contribution in [3.8, 4) is 11.5 Å². The molecule has 0 spiro atoms. The zero-order chi connectivity index (χ0) is 13.6. The fourth-order valence-electron chi connectivity index (χ4n) is 1.49. The summed E-state index contributed by atoms with van der Waals surface area (Å²) >= 11 is 3.38. The van der Waals surface area contributed by atoms with Gasteiger partial charge < -0.3 is 9.47 Å². The van der Waals surface area contributed by atoms with Crippen molar-refractivity contribution < 1.29 is 17.9 Å². The molecule has 0 radical (unpaired) electrons. The molecule has 0 amide bonds. The summed E-state index contributed by atoms with van der Waals surface area (Å²) < 4.78 is 32.8. The number of methoxy groups -OCH3 is 1. The maximum Gasteiger partial charge on any atom is 0.165 e. The number of alkyl halides is 1. The van der Waals surface area contributed by atoms with Crippen molar-refractivity contribution in [3.63, 3.8) is 0 Å². The Morgan fingerprint density at radius 2 is 2.06 bits per heavy atom. The van der Waals surface area contributed by atoms with Gasteiger partial charge in [0, 0.05) is 17.1 Å². The molecule has 0 aliphatic carbocycles. The van der Waals surface area contributed by atoms with E-state index in [0.29, 0.717) is 29.9 Å². The second-order valence-corrected chi connectivity index (χ2v) is 6.73. The molecule has 1 rings (SSSR count). The van der Waals surface area contributed by atoms with Crippen LogP contribution in [0.4, 0.5) is 0 Å². The van der Waals surface area contributed by atoms with Gasteiger partial charge in [0.05, 0.1) is 19.5 Å². The minimum Gasteiger partial charge on any atom is -0.493 e. The Labute approximate surface area is 116 Å². The molecular weight excluding hydrogens is 320 g/mol. The Balaban J connectivity index is 2.66. The van der Waals surface area contributed by atoms with Crippen LogP contribution < -0.4 is 9.47 Å². The molecule has 0 N–H and O–H groups in total. The van der Waals surface area contributed by atoms with Crippen LogP contribution in [0.5, 0.6) is 11.5 Å². The van der Waals surface area contributed by atoms with Crippen LogP contribution in [0.25, 0.3) is 0 Å². The van der Waals surface area contributed by atoms with Crippen LogP contribution in [0.15, 0.2) is 18.2 Å². The van der Waals surface area contributed by atoms with E-state index in [1.165, 1.54) is 6.26 Å². The van der Waals surface area contributed by atoms with Crippen LogP contribution in [0.1, 0.15) is 12.0 Å². The maximum absolute atomic E-state index is 11.0. The molecule has 4 nitrogen and oxygen atoms in total. The fraction of sp³-hybridized carbons (Fsp3) is 0.500. The molecule has 0 saturated carbocycles. The van der Waals surface area contributed by atoms with Gasteiger partial charge in [-0.2, -0.15) is 0 Å². The van der Waals surface area contributed by atoms with E-state index in [-0.39, 0.29) is 5.75 Å². The van der Waals surface area contributed by atoms with Crippen LogP contribution in [0, 0.1) is 0 Å². The van der Waals surface area contributed by atoms with Crippen molar-refractivity contribution in [2.24, 2.45) is 0 Å². The Morgan fingerprint density at radius 1 is 1.33 bits per heavy atom. The highest BCUT2D eigenvalue weighted by molar-refractivity contribution is 9.08. The van der Waals surface area contributed by atoms with Crippen LogP contribution >= 0.6 is 15.9 Å². The summed E-state index contributed by atoms with van der Waals surface area (Å²) in [5.74, 6) is 1.46. The minimum absolute atomic E-state index is 0.131. The number of sulfone groups is 1. The lowest BCUT2D eigenvalue weighted by Gasteiger charge is -2.13. The Morgan fingerprint density at radius 3 is 2.61 bits per heavy atom. The number of para-hydroxylation sites is 1. The molecule has 0 fully saturated rings. The SMILES string of the molecule is COc1cccc(CBr)c1OCCCS(C)(=O)=O. The van der Waals surface area contributed by atoms with Crippen molar-refractivity contribution >= 4 is 25.8 Å². The lowest BCUT2D eigenvalue weighted by Crippen LogP contribution is -2.09. The highest BCUT2D eigenvalue weighted by Crippen LogP contribution is 2.32. The minimum atomic E-state index is -2.93. The normalized spacial score (nSPS) is 11.3. The van der Waals surface area contributed by atoms with Crippen LogP contribution in [-0.4, -0.2) is 34.1 Å². The van der Waals surface area contributed by atoms with E-state index < -0.39 is 9.84 Å². The topological polar surface area (TPSA) is 52.6 Å². The van der Waals surface area contributed by atoms with Crippen LogP contribution in [0.2, 0.25) is 0 Å². The molecule has 102 valence electrons. The van der Waals surface area contributed by atoms with Gasteiger partial charge in [-0.1, -0.05) is 28.1 Å². The van der Waals surface area contributed by atoms with E-state index in [0.717, 1.165) is 5.56 Å². The molecule has 0 atom stereocenters. The number of benzene rings is 1. The van der Waals surface area contributed by atoms with Gasteiger partial charge in [0.2, 0.25) is 0 Å². The lowest BCUT2D eigenvalue weighted by atomic mass is 10.2. The van der Waals surface area contributed by atoms with Crippen molar-refractivity contribution in [3.05, 3.63) is 23.8 Å². The molecule has 6 heteroatoms. The predicted molar refractivity (Wildman–Crippen MR) is 75.4 cm³/mol. The van der Waals surface area contributed by atoms with Gasteiger partial charge in [-0.05, 0) is 12.5 Å². The number of rotatable bonds is 7. The van der Waals surface area contributed by atoms with E-state index in [4.69, 9.17) is 9.47 Å². The zero-order valence-corrected chi connectivity index (χ0v) is 12.9. The van der Waals surface area contributed by atoms with Gasteiger partial charge in [0.15, 0.2) is 11.5 Å². The van der Waals surface area contributed by atoms with Gasteiger partial charge in [-0.3, -0.25) is 0 Å². The fourth-order valence-corrected chi connectivity index (χ4v) is 2.57. The first-order valence-corrected chi connectivity index (χ1v) is 8.68. The number of halogens is 1. The summed E-state index contributed by atoms with van der Waals surface area (Å²) in [6, 6.07) is 5.64. The third kappa shape index (κ3) is 4.86. The van der Waals surface area contributed by atoms with Crippen molar-refractivity contribution in [2.75, 3.05) is 25.7 Å². The first-order valence-electron chi connectivity index (χ1n) is 5.50. The summed E-state index contributed by atoms with van der Waals surface area (Å²) in [5.41, 5.74) is 0.980. The summed E-state index contributed by atoms with van der Waals surface area (Å²) in [6.45, 7) is 0.355. The van der Waals surface area contributed by atoms with E-state index in [1.807, 2.05) is 18.2 Å². The molecule has 0 aliphatic rings. The van der Waals surface area contributed by atoms with Gasteiger partial charge in [-0.25, -0.2) is 8.42 Å². The first kappa shape index (κ1) is 15.3. The average Bonchev–Trinajstić information content (AvgIpc) is 2.33. The molecule has 0 saturated heterocycles. The third-order valence-corrected chi connectivity index (χ3v) is 3.96. The van der Waals surface area contributed by atoms with Crippen LogP contribution in [0.3, 0.4) is 0 Å². The van der Waals surface area contributed by atoms with E-state index in [2.05, 4.69) is 15.9 Å². The summed E-state index contributed by atoms with van der Waals surface area (Å²) in [5, 5.41) is 0.658. The van der Waals surface area contributed by atoms with Gasteiger partial charge in [-0.15, -0.1) is 0 Å². The smallest absolute Gasteiger partial charge is 0.165 e. The molecular formula is C12H17BrO4S. The molecule has 0 bridgehead atoms. The lowest BCUT2D eigenvalue weighted by molar-refractivity contribution is 0.292. The molecule has 0 aliphatic heterocycles. The molecule has 0 unspecified atom stereocenters. The third-order valence-electron chi connectivity index (χ3n) is 2.33. The molecule has 1 aromatic carbocycles. The monoisotopic (exact) mass is 336 g/mol. The average molecular weight is 337 g/mol. The second kappa shape index (κ2) is 6.99. The number of ether oxygens (including phenoxy) is 2. The molecule has 1 aromatic rings. The Kier molecular flexibility index (Phi) is 5.95.